The van der Waals surface area contributed by atoms with Crippen LogP contribution in [0.5, 0.6) is 11.5 Å². The summed E-state index contributed by atoms with van der Waals surface area (Å²) in [7, 11) is -1.73. The molecule has 2 aromatic carbocycles. The number of benzene rings is 2. The Morgan fingerprint density at radius 1 is 0.968 bits per heavy atom. The second kappa shape index (κ2) is 9.45. The summed E-state index contributed by atoms with van der Waals surface area (Å²) in [5.41, 5.74) is 0.785. The van der Waals surface area contributed by atoms with Crippen molar-refractivity contribution in [3.05, 3.63) is 54.1 Å². The fraction of sp³-hybridized carbons (Fsp3) is 0.368. The van der Waals surface area contributed by atoms with Crippen molar-refractivity contribution in [3.63, 3.8) is 0 Å². The lowest BCUT2D eigenvalue weighted by Gasteiger charge is -2.17. The van der Waals surface area contributed by atoms with E-state index in [0.717, 1.165) is 17.7 Å². The van der Waals surface area contributed by atoms with Gasteiger partial charge in [-0.1, -0.05) is 18.2 Å². The maximum atomic E-state index is 12.5. The first kappa shape index (κ1) is 23.4. The van der Waals surface area contributed by atoms with Crippen molar-refractivity contribution in [2.75, 3.05) is 13.1 Å². The molecule has 0 spiro atoms. The van der Waals surface area contributed by atoms with Crippen LogP contribution in [0.25, 0.3) is 0 Å². The van der Waals surface area contributed by atoms with Crippen LogP contribution in [0.4, 0.5) is 26.3 Å². The van der Waals surface area contributed by atoms with Gasteiger partial charge in [-0.3, -0.25) is 4.90 Å². The lowest BCUT2D eigenvalue weighted by Crippen LogP contribution is -2.33. The molecule has 1 saturated heterocycles. The van der Waals surface area contributed by atoms with Crippen molar-refractivity contribution in [1.82, 2.24) is 9.62 Å². The molecule has 0 saturated carbocycles. The summed E-state index contributed by atoms with van der Waals surface area (Å²) in [4.78, 5) is 2.18. The second-order valence-corrected chi connectivity index (χ2v) is 8.07. The van der Waals surface area contributed by atoms with Crippen molar-refractivity contribution in [1.29, 1.82) is 0 Å². The number of halogens is 6. The van der Waals surface area contributed by atoms with Crippen LogP contribution in [0, 0.1) is 0 Å². The average molecular weight is 468 g/mol. The van der Waals surface area contributed by atoms with Crippen LogP contribution < -0.4 is 14.2 Å². The van der Waals surface area contributed by atoms with Gasteiger partial charge in [-0.25, -0.2) is 8.93 Å². The number of hydrogen-bond acceptors (Lipinski definition) is 4. The van der Waals surface area contributed by atoms with Gasteiger partial charge in [0.25, 0.3) is 0 Å². The Morgan fingerprint density at radius 3 is 2.26 bits per heavy atom. The predicted molar refractivity (Wildman–Crippen MR) is 99.5 cm³/mol. The molecule has 1 heterocycles. The number of hydrogen-bond donors (Lipinski definition) is 1. The number of rotatable bonds is 7. The van der Waals surface area contributed by atoms with Gasteiger partial charge in [0, 0.05) is 25.7 Å². The summed E-state index contributed by atoms with van der Waals surface area (Å²) in [6, 6.07) is 10.3. The Kier molecular flexibility index (Phi) is 7.12. The molecule has 5 nitrogen and oxygen atoms in total. The van der Waals surface area contributed by atoms with E-state index in [0.29, 0.717) is 26.1 Å². The van der Waals surface area contributed by atoms with Gasteiger partial charge in [0.1, 0.15) is 22.5 Å². The minimum absolute atomic E-state index is 0.153. The van der Waals surface area contributed by atoms with Crippen LogP contribution in [-0.4, -0.2) is 41.0 Å². The molecule has 0 aromatic heterocycles. The summed E-state index contributed by atoms with van der Waals surface area (Å²) < 4.78 is 96.7. The highest BCUT2D eigenvalue weighted by Crippen LogP contribution is 2.25. The maximum absolute atomic E-state index is 12.5. The zero-order valence-electron chi connectivity index (χ0n) is 15.9. The Hall–Kier alpha value is -2.31. The molecule has 1 N–H and O–H groups in total. The van der Waals surface area contributed by atoms with E-state index < -0.39 is 29.5 Å². The van der Waals surface area contributed by atoms with E-state index in [1.807, 2.05) is 4.90 Å². The van der Waals surface area contributed by atoms with Crippen molar-refractivity contribution >= 4 is 11.0 Å². The van der Waals surface area contributed by atoms with Gasteiger partial charge in [0.15, 0.2) is 0 Å². The maximum Gasteiger partial charge on any atom is 0.573 e. The Balaban J connectivity index is 1.51. The van der Waals surface area contributed by atoms with Gasteiger partial charge < -0.3 is 9.47 Å². The zero-order chi connectivity index (χ0) is 22.6. The van der Waals surface area contributed by atoms with E-state index in [9.17, 15) is 30.6 Å². The number of nitrogens with one attached hydrogen (secondary N) is 1. The normalized spacial score (nSPS) is 18.7. The predicted octanol–water partition coefficient (Wildman–Crippen LogP) is 4.37. The molecule has 2 aromatic rings. The van der Waals surface area contributed by atoms with E-state index in [1.54, 1.807) is 0 Å². The summed E-state index contributed by atoms with van der Waals surface area (Å²) in [6.45, 7) is 1.66. The standard InChI is InChI=1S/C19H18F6N2O3S/c20-18(21,22)29-15-6-4-13(5-7-15)11-27-9-8-14(12-27)26-31(28)17-3-1-2-16(10-17)30-19(23,24)25/h1-7,10,14,26H,8-9,11-12H2/t14-,31?/m1/s1. The van der Waals surface area contributed by atoms with Crippen molar-refractivity contribution in [2.24, 2.45) is 0 Å². The Bertz CT molecular complexity index is 905. The lowest BCUT2D eigenvalue weighted by atomic mass is 10.2. The molecule has 1 unspecified atom stereocenters. The fourth-order valence-corrected chi connectivity index (χ4v) is 4.19. The van der Waals surface area contributed by atoms with Crippen molar-refractivity contribution < 1.29 is 40.0 Å². The molecule has 170 valence electrons. The highest BCUT2D eigenvalue weighted by molar-refractivity contribution is 7.83. The largest absolute Gasteiger partial charge is 0.573 e. The SMILES string of the molecule is O=S(N[C@@H]1CCN(Cc2ccc(OC(F)(F)F)cc2)C1)c1cccc(OC(F)(F)F)c1. The molecular weight excluding hydrogens is 450 g/mol. The van der Waals surface area contributed by atoms with Crippen LogP contribution in [-0.2, 0) is 17.5 Å². The number of likely N-dealkylation sites (tertiary alicyclic amines) is 1. The van der Waals surface area contributed by atoms with E-state index in [-0.39, 0.29) is 16.7 Å². The lowest BCUT2D eigenvalue weighted by molar-refractivity contribution is -0.275. The molecule has 1 aliphatic heterocycles. The van der Waals surface area contributed by atoms with E-state index >= 15 is 0 Å². The topological polar surface area (TPSA) is 50.8 Å². The summed E-state index contributed by atoms with van der Waals surface area (Å²) >= 11 is 0. The first-order valence-electron chi connectivity index (χ1n) is 9.08. The molecule has 0 bridgehead atoms. The third-order valence-corrected chi connectivity index (χ3v) is 5.59. The summed E-state index contributed by atoms with van der Waals surface area (Å²) in [5, 5.41) is 0. The smallest absolute Gasteiger partial charge is 0.406 e. The van der Waals surface area contributed by atoms with Crippen LogP contribution >= 0.6 is 0 Å². The monoisotopic (exact) mass is 468 g/mol. The molecule has 1 fully saturated rings. The van der Waals surface area contributed by atoms with Gasteiger partial charge in [0.05, 0.1) is 4.90 Å². The summed E-state index contributed by atoms with van der Waals surface area (Å²) in [6.07, 6.45) is -8.93. The van der Waals surface area contributed by atoms with Crippen LogP contribution in [0.1, 0.15) is 12.0 Å². The summed E-state index contributed by atoms with van der Waals surface area (Å²) in [5.74, 6) is -0.754. The van der Waals surface area contributed by atoms with Crippen molar-refractivity contribution in [3.8, 4) is 11.5 Å². The minimum atomic E-state index is -4.84. The second-order valence-electron chi connectivity index (χ2n) is 6.82. The molecule has 0 amide bonds. The van der Waals surface area contributed by atoms with Crippen LogP contribution in [0.2, 0.25) is 0 Å². The van der Waals surface area contributed by atoms with Gasteiger partial charge >= 0.3 is 12.7 Å². The van der Waals surface area contributed by atoms with Gasteiger partial charge in [0.2, 0.25) is 0 Å². The fourth-order valence-electron chi connectivity index (χ4n) is 3.13. The Labute approximate surface area is 176 Å². The highest BCUT2D eigenvalue weighted by Gasteiger charge is 2.32. The van der Waals surface area contributed by atoms with E-state index in [1.165, 1.54) is 36.4 Å². The number of ether oxygens (including phenoxy) is 2. The quantitative estimate of drug-likeness (QED) is 0.614. The van der Waals surface area contributed by atoms with E-state index in [2.05, 4.69) is 14.2 Å². The molecule has 3 rings (SSSR count). The van der Waals surface area contributed by atoms with E-state index in [4.69, 9.17) is 0 Å². The molecule has 2 atom stereocenters. The first-order chi connectivity index (χ1) is 14.5. The third kappa shape index (κ3) is 7.71. The third-order valence-electron chi connectivity index (χ3n) is 4.36. The van der Waals surface area contributed by atoms with Crippen LogP contribution in [0.15, 0.2) is 53.4 Å². The highest BCUT2D eigenvalue weighted by atomic mass is 32.2. The molecule has 12 heteroatoms. The average Bonchev–Trinajstić information content (AvgIpc) is 3.08. The number of nitrogens with zero attached hydrogens (tertiary/aromatic N) is 1. The van der Waals surface area contributed by atoms with Gasteiger partial charge in [-0.15, -0.1) is 26.3 Å². The molecule has 0 aliphatic carbocycles. The zero-order valence-corrected chi connectivity index (χ0v) is 16.7. The van der Waals surface area contributed by atoms with Crippen molar-refractivity contribution in [2.45, 2.75) is 36.6 Å². The van der Waals surface area contributed by atoms with Gasteiger partial charge in [-0.05, 0) is 42.3 Å². The molecule has 31 heavy (non-hydrogen) atoms. The van der Waals surface area contributed by atoms with Crippen LogP contribution in [0.3, 0.4) is 0 Å². The first-order valence-corrected chi connectivity index (χ1v) is 10.2. The van der Waals surface area contributed by atoms with Gasteiger partial charge in [-0.2, -0.15) is 0 Å². The molecule has 0 radical (unpaired) electrons. The molecular formula is C19H18F6N2O3S. The number of alkyl halides is 6. The molecule has 1 aliphatic rings. The minimum Gasteiger partial charge on any atom is -0.406 e. The Morgan fingerprint density at radius 2 is 1.61 bits per heavy atom.